The van der Waals surface area contributed by atoms with E-state index in [0.29, 0.717) is 25.3 Å². The first-order chi connectivity index (χ1) is 11.4. The van der Waals surface area contributed by atoms with Crippen LogP contribution in [0.3, 0.4) is 0 Å². The van der Waals surface area contributed by atoms with Gasteiger partial charge in [0.2, 0.25) is 10.0 Å². The second-order valence-corrected chi connectivity index (χ2v) is 8.62. The predicted octanol–water partition coefficient (Wildman–Crippen LogP) is 3.46. The number of unbranched alkanes of at least 4 members (excludes halogenated alkanes) is 1. The van der Waals surface area contributed by atoms with Gasteiger partial charge in [-0.05, 0) is 51.0 Å². The number of thiazole rings is 1. The van der Waals surface area contributed by atoms with Crippen molar-refractivity contribution in [2.75, 3.05) is 13.2 Å². The summed E-state index contributed by atoms with van der Waals surface area (Å²) in [6.45, 7) is 7.01. The predicted molar refractivity (Wildman–Crippen MR) is 97.3 cm³/mol. The molecule has 0 bridgehead atoms. The van der Waals surface area contributed by atoms with E-state index < -0.39 is 10.0 Å². The van der Waals surface area contributed by atoms with Crippen LogP contribution in [0.25, 0.3) is 0 Å². The van der Waals surface area contributed by atoms with Gasteiger partial charge in [-0.2, -0.15) is 0 Å². The summed E-state index contributed by atoms with van der Waals surface area (Å²) in [7, 11) is -3.50. The van der Waals surface area contributed by atoms with E-state index >= 15 is 0 Å². The maximum atomic E-state index is 12.3. The van der Waals surface area contributed by atoms with Gasteiger partial charge in [0.05, 0.1) is 22.2 Å². The molecule has 2 rings (SSSR count). The molecule has 0 unspecified atom stereocenters. The number of hydrogen-bond donors (Lipinski definition) is 1. The molecule has 1 aromatic heterocycles. The highest BCUT2D eigenvalue weighted by atomic mass is 32.2. The Kier molecular flexibility index (Phi) is 6.77. The SMILES string of the molecule is CCCCOc1ccc(S(=O)(=O)NCCc2sc(C)nc2C)cc1. The minimum absolute atomic E-state index is 0.252. The normalized spacial score (nSPS) is 11.6. The molecule has 1 N–H and O–H groups in total. The molecule has 0 spiro atoms. The first-order valence-corrected chi connectivity index (χ1v) is 10.4. The lowest BCUT2D eigenvalue weighted by atomic mass is 10.3. The average Bonchev–Trinajstić information content (AvgIpc) is 2.86. The summed E-state index contributed by atoms with van der Waals surface area (Å²) in [6.07, 6.45) is 2.70. The summed E-state index contributed by atoms with van der Waals surface area (Å²) >= 11 is 1.61. The molecule has 1 aromatic carbocycles. The molecular formula is C17H24N2O3S2. The van der Waals surface area contributed by atoms with Gasteiger partial charge < -0.3 is 4.74 Å². The Morgan fingerprint density at radius 1 is 1.21 bits per heavy atom. The second-order valence-electron chi connectivity index (χ2n) is 5.56. The standard InChI is InChI=1S/C17H24N2O3S2/c1-4-5-12-22-15-6-8-16(9-7-15)24(20,21)18-11-10-17-13(2)19-14(3)23-17/h6-9,18H,4-5,10-12H2,1-3H3. The first kappa shape index (κ1) is 18.9. The van der Waals surface area contributed by atoms with Crippen molar-refractivity contribution in [1.29, 1.82) is 0 Å². The number of rotatable bonds is 9. The quantitative estimate of drug-likeness (QED) is 0.688. The van der Waals surface area contributed by atoms with Crippen LogP contribution in [0.1, 0.15) is 35.3 Å². The van der Waals surface area contributed by atoms with Crippen LogP contribution in [-0.2, 0) is 16.4 Å². The summed E-state index contributed by atoms with van der Waals surface area (Å²) < 4.78 is 32.8. The number of hydrogen-bond acceptors (Lipinski definition) is 5. The number of aryl methyl sites for hydroxylation is 2. The lowest BCUT2D eigenvalue weighted by molar-refractivity contribution is 0.309. The van der Waals surface area contributed by atoms with E-state index in [0.717, 1.165) is 28.4 Å². The third-order valence-electron chi connectivity index (χ3n) is 3.54. The molecule has 0 aliphatic carbocycles. The zero-order valence-electron chi connectivity index (χ0n) is 14.3. The van der Waals surface area contributed by atoms with Gasteiger partial charge in [0.25, 0.3) is 0 Å². The second kappa shape index (κ2) is 8.60. The molecule has 7 heteroatoms. The Labute approximate surface area is 148 Å². The molecule has 0 fully saturated rings. The fraction of sp³-hybridized carbons (Fsp3) is 0.471. The molecule has 2 aromatic rings. The van der Waals surface area contributed by atoms with E-state index in [1.807, 2.05) is 13.8 Å². The van der Waals surface area contributed by atoms with Crippen LogP contribution in [0.2, 0.25) is 0 Å². The molecule has 0 radical (unpaired) electrons. The highest BCUT2D eigenvalue weighted by Gasteiger charge is 2.14. The lowest BCUT2D eigenvalue weighted by Crippen LogP contribution is -2.25. The molecule has 132 valence electrons. The third kappa shape index (κ3) is 5.29. The van der Waals surface area contributed by atoms with Crippen molar-refractivity contribution in [3.8, 4) is 5.75 Å². The van der Waals surface area contributed by atoms with Gasteiger partial charge in [0, 0.05) is 11.4 Å². The third-order valence-corrected chi connectivity index (χ3v) is 6.15. The van der Waals surface area contributed by atoms with Crippen LogP contribution in [-0.4, -0.2) is 26.6 Å². The van der Waals surface area contributed by atoms with Crippen LogP contribution in [0.4, 0.5) is 0 Å². The van der Waals surface area contributed by atoms with Crippen LogP contribution in [0, 0.1) is 13.8 Å². The van der Waals surface area contributed by atoms with Gasteiger partial charge in [-0.1, -0.05) is 13.3 Å². The van der Waals surface area contributed by atoms with E-state index in [1.54, 1.807) is 35.6 Å². The number of aromatic nitrogens is 1. The highest BCUT2D eigenvalue weighted by molar-refractivity contribution is 7.89. The van der Waals surface area contributed by atoms with E-state index in [2.05, 4.69) is 16.6 Å². The van der Waals surface area contributed by atoms with Crippen molar-refractivity contribution >= 4 is 21.4 Å². The van der Waals surface area contributed by atoms with Crippen LogP contribution >= 0.6 is 11.3 Å². The van der Waals surface area contributed by atoms with Gasteiger partial charge >= 0.3 is 0 Å². The topological polar surface area (TPSA) is 68.3 Å². The van der Waals surface area contributed by atoms with Crippen molar-refractivity contribution in [3.05, 3.63) is 39.8 Å². The van der Waals surface area contributed by atoms with Gasteiger partial charge in [-0.25, -0.2) is 18.1 Å². The Morgan fingerprint density at radius 2 is 1.92 bits per heavy atom. The summed E-state index contributed by atoms with van der Waals surface area (Å²) in [5.41, 5.74) is 0.977. The smallest absolute Gasteiger partial charge is 0.240 e. The Bertz CT molecular complexity index is 753. The van der Waals surface area contributed by atoms with Gasteiger partial charge in [-0.3, -0.25) is 0 Å². The van der Waals surface area contributed by atoms with Gasteiger partial charge in [-0.15, -0.1) is 11.3 Å². The monoisotopic (exact) mass is 368 g/mol. The van der Waals surface area contributed by atoms with Crippen LogP contribution < -0.4 is 9.46 Å². The van der Waals surface area contributed by atoms with Crippen molar-refractivity contribution in [3.63, 3.8) is 0 Å². The van der Waals surface area contributed by atoms with Crippen molar-refractivity contribution in [2.45, 2.75) is 44.9 Å². The number of nitrogens with one attached hydrogen (secondary N) is 1. The summed E-state index contributed by atoms with van der Waals surface area (Å²) in [6, 6.07) is 6.54. The van der Waals surface area contributed by atoms with Crippen LogP contribution in [0.5, 0.6) is 5.75 Å². The fourth-order valence-electron chi connectivity index (χ4n) is 2.24. The highest BCUT2D eigenvalue weighted by Crippen LogP contribution is 2.18. The largest absolute Gasteiger partial charge is 0.494 e. The molecular weight excluding hydrogens is 344 g/mol. The van der Waals surface area contributed by atoms with Crippen molar-refractivity contribution < 1.29 is 13.2 Å². The molecule has 1 heterocycles. The number of benzene rings is 1. The fourth-order valence-corrected chi connectivity index (χ4v) is 4.21. The Hall–Kier alpha value is -1.44. The molecule has 5 nitrogen and oxygen atoms in total. The van der Waals surface area contributed by atoms with E-state index in [4.69, 9.17) is 4.74 Å². The zero-order chi connectivity index (χ0) is 17.6. The van der Waals surface area contributed by atoms with E-state index in [9.17, 15) is 8.42 Å². The molecule has 0 saturated heterocycles. The Morgan fingerprint density at radius 3 is 2.50 bits per heavy atom. The van der Waals surface area contributed by atoms with Gasteiger partial charge in [0.15, 0.2) is 0 Å². The zero-order valence-corrected chi connectivity index (χ0v) is 16.0. The number of nitrogens with zero attached hydrogens (tertiary/aromatic N) is 1. The minimum Gasteiger partial charge on any atom is -0.494 e. The molecule has 0 aliphatic rings. The van der Waals surface area contributed by atoms with E-state index in [1.165, 1.54) is 0 Å². The summed E-state index contributed by atoms with van der Waals surface area (Å²) in [5.74, 6) is 0.693. The molecule has 0 amide bonds. The minimum atomic E-state index is -3.50. The summed E-state index contributed by atoms with van der Waals surface area (Å²) in [5, 5.41) is 1.00. The van der Waals surface area contributed by atoms with Gasteiger partial charge in [0.1, 0.15) is 5.75 Å². The molecule has 0 aliphatic heterocycles. The molecule has 0 atom stereocenters. The van der Waals surface area contributed by atoms with Crippen molar-refractivity contribution in [1.82, 2.24) is 9.71 Å². The lowest BCUT2D eigenvalue weighted by Gasteiger charge is -2.08. The van der Waals surface area contributed by atoms with E-state index in [-0.39, 0.29) is 4.90 Å². The maximum Gasteiger partial charge on any atom is 0.240 e. The number of sulfonamides is 1. The first-order valence-electron chi connectivity index (χ1n) is 8.08. The van der Waals surface area contributed by atoms with Crippen LogP contribution in [0.15, 0.2) is 29.2 Å². The maximum absolute atomic E-state index is 12.3. The average molecular weight is 369 g/mol. The Balaban J connectivity index is 1.91. The summed E-state index contributed by atoms with van der Waals surface area (Å²) in [4.78, 5) is 5.72. The molecule has 0 saturated carbocycles. The number of ether oxygens (including phenoxy) is 1. The van der Waals surface area contributed by atoms with Crippen molar-refractivity contribution in [2.24, 2.45) is 0 Å². The molecule has 24 heavy (non-hydrogen) atoms.